The number of nitrogens with zero attached hydrogens (tertiary/aromatic N) is 3. The van der Waals surface area contributed by atoms with Crippen LogP contribution in [0.2, 0.25) is 0 Å². The number of anilines is 1. The molecule has 3 aromatic rings. The van der Waals surface area contributed by atoms with Crippen LogP contribution in [0.4, 0.5) is 5.69 Å². The van der Waals surface area contributed by atoms with Crippen molar-refractivity contribution in [2.45, 2.75) is 45.1 Å². The molecule has 1 amide bonds. The fourth-order valence-electron chi connectivity index (χ4n) is 4.00. The van der Waals surface area contributed by atoms with E-state index in [9.17, 15) is 9.59 Å². The van der Waals surface area contributed by atoms with Crippen LogP contribution in [0.25, 0.3) is 10.9 Å². The van der Waals surface area contributed by atoms with Crippen LogP contribution in [0.1, 0.15) is 44.5 Å². The third kappa shape index (κ3) is 5.13. The van der Waals surface area contributed by atoms with Gasteiger partial charge in [-0.2, -0.15) is 0 Å². The summed E-state index contributed by atoms with van der Waals surface area (Å²) in [7, 11) is 0. The first-order valence-corrected chi connectivity index (χ1v) is 11.2. The van der Waals surface area contributed by atoms with Crippen molar-refractivity contribution in [3.63, 3.8) is 0 Å². The van der Waals surface area contributed by atoms with Gasteiger partial charge in [0.25, 0.3) is 5.56 Å². The van der Waals surface area contributed by atoms with Crippen LogP contribution in [0.5, 0.6) is 0 Å². The highest BCUT2D eigenvalue weighted by atomic mass is 16.1. The van der Waals surface area contributed by atoms with Gasteiger partial charge in [-0.3, -0.25) is 14.2 Å². The number of rotatable bonds is 10. The SMILES string of the molecule is CCN(CCCNC(=O)CCc1nc2ccccc2c(=O)n1C1CC1)c1ccccc1. The number of benzene rings is 2. The molecule has 1 N–H and O–H groups in total. The van der Waals surface area contributed by atoms with Crippen LogP contribution in [0.3, 0.4) is 0 Å². The van der Waals surface area contributed by atoms with Gasteiger partial charge in [-0.1, -0.05) is 30.3 Å². The summed E-state index contributed by atoms with van der Waals surface area (Å²) in [4.78, 5) is 32.3. The summed E-state index contributed by atoms with van der Waals surface area (Å²) in [5, 5.41) is 3.67. The molecule has 1 heterocycles. The molecule has 0 saturated heterocycles. The lowest BCUT2D eigenvalue weighted by Crippen LogP contribution is -2.30. The van der Waals surface area contributed by atoms with Crippen LogP contribution in [0, 0.1) is 0 Å². The summed E-state index contributed by atoms with van der Waals surface area (Å²) in [5.41, 5.74) is 1.93. The number of fused-ring (bicyclic) bond motifs is 1. The van der Waals surface area contributed by atoms with Crippen molar-refractivity contribution < 1.29 is 4.79 Å². The lowest BCUT2D eigenvalue weighted by Gasteiger charge is -2.23. The molecule has 1 aliphatic carbocycles. The summed E-state index contributed by atoms with van der Waals surface area (Å²) in [5.74, 6) is 0.732. The number of aromatic nitrogens is 2. The Hall–Kier alpha value is -3.15. The molecule has 4 rings (SSSR count). The summed E-state index contributed by atoms with van der Waals surface area (Å²) in [6.07, 6.45) is 3.72. The van der Waals surface area contributed by atoms with E-state index in [2.05, 4.69) is 29.3 Å². The Kier molecular flexibility index (Phi) is 6.65. The zero-order valence-corrected chi connectivity index (χ0v) is 18.1. The second-order valence-electron chi connectivity index (χ2n) is 8.07. The lowest BCUT2D eigenvalue weighted by molar-refractivity contribution is -0.121. The molecule has 0 bridgehead atoms. The monoisotopic (exact) mass is 418 g/mol. The quantitative estimate of drug-likeness (QED) is 0.510. The Morgan fingerprint density at radius 2 is 1.87 bits per heavy atom. The number of amides is 1. The molecule has 1 aliphatic rings. The molecule has 2 aromatic carbocycles. The normalized spacial score (nSPS) is 13.3. The van der Waals surface area contributed by atoms with E-state index in [4.69, 9.17) is 4.98 Å². The van der Waals surface area contributed by atoms with E-state index in [0.29, 0.717) is 30.3 Å². The standard InChI is InChI=1S/C25H30N4O2/c1-2-28(19-9-4-3-5-10-19)18-8-17-26-24(30)16-15-23-27-22-12-7-6-11-21(22)25(31)29(23)20-13-14-20/h3-7,9-12,20H,2,8,13-18H2,1H3,(H,26,30). The Morgan fingerprint density at radius 1 is 1.13 bits per heavy atom. The molecule has 0 spiro atoms. The van der Waals surface area contributed by atoms with Crippen molar-refractivity contribution in [1.82, 2.24) is 14.9 Å². The number of para-hydroxylation sites is 2. The highest BCUT2D eigenvalue weighted by Crippen LogP contribution is 2.34. The third-order valence-electron chi connectivity index (χ3n) is 5.80. The Balaban J connectivity index is 1.31. The molecule has 0 aliphatic heterocycles. The average Bonchev–Trinajstić information content (AvgIpc) is 3.63. The maximum atomic E-state index is 12.9. The van der Waals surface area contributed by atoms with Crippen LogP contribution in [-0.4, -0.2) is 35.1 Å². The Bertz CT molecular complexity index is 1090. The second kappa shape index (κ2) is 9.77. The van der Waals surface area contributed by atoms with E-state index < -0.39 is 0 Å². The molecule has 0 radical (unpaired) electrons. The van der Waals surface area contributed by atoms with E-state index in [1.807, 2.05) is 47.0 Å². The van der Waals surface area contributed by atoms with Gasteiger partial charge in [0.2, 0.25) is 5.91 Å². The van der Waals surface area contributed by atoms with Gasteiger partial charge >= 0.3 is 0 Å². The van der Waals surface area contributed by atoms with Gasteiger partial charge in [-0.15, -0.1) is 0 Å². The van der Waals surface area contributed by atoms with Crippen LogP contribution in [0.15, 0.2) is 59.4 Å². The fourth-order valence-corrected chi connectivity index (χ4v) is 4.00. The smallest absolute Gasteiger partial charge is 0.261 e. The molecule has 0 atom stereocenters. The molecule has 6 heteroatoms. The van der Waals surface area contributed by atoms with Gasteiger partial charge in [0.15, 0.2) is 0 Å². The van der Waals surface area contributed by atoms with E-state index in [-0.39, 0.29) is 17.5 Å². The Morgan fingerprint density at radius 3 is 2.61 bits per heavy atom. The Labute approximate surface area is 182 Å². The first kappa shape index (κ1) is 21.1. The maximum absolute atomic E-state index is 12.9. The van der Waals surface area contributed by atoms with Crippen molar-refractivity contribution in [3.05, 3.63) is 70.8 Å². The molecular weight excluding hydrogens is 388 g/mol. The number of carbonyl (C=O) groups excluding carboxylic acids is 1. The van der Waals surface area contributed by atoms with Gasteiger partial charge in [0, 0.05) is 44.2 Å². The van der Waals surface area contributed by atoms with Crippen molar-refractivity contribution in [2.24, 2.45) is 0 Å². The predicted molar refractivity (Wildman–Crippen MR) is 125 cm³/mol. The van der Waals surface area contributed by atoms with Gasteiger partial charge in [-0.05, 0) is 50.5 Å². The minimum atomic E-state index is 0.00696. The molecule has 162 valence electrons. The molecule has 1 aromatic heterocycles. The molecule has 1 saturated carbocycles. The molecule has 6 nitrogen and oxygen atoms in total. The number of carbonyl (C=O) groups is 1. The molecular formula is C25H30N4O2. The molecule has 0 unspecified atom stereocenters. The average molecular weight is 419 g/mol. The van der Waals surface area contributed by atoms with Crippen molar-refractivity contribution in [2.75, 3.05) is 24.5 Å². The van der Waals surface area contributed by atoms with Crippen LogP contribution >= 0.6 is 0 Å². The zero-order chi connectivity index (χ0) is 21.6. The first-order valence-electron chi connectivity index (χ1n) is 11.2. The number of hydrogen-bond donors (Lipinski definition) is 1. The summed E-state index contributed by atoms with van der Waals surface area (Å²) in [6, 6.07) is 18.0. The summed E-state index contributed by atoms with van der Waals surface area (Å²) >= 11 is 0. The van der Waals surface area contributed by atoms with E-state index >= 15 is 0 Å². The summed E-state index contributed by atoms with van der Waals surface area (Å²) < 4.78 is 1.81. The second-order valence-corrected chi connectivity index (χ2v) is 8.07. The first-order chi connectivity index (χ1) is 15.2. The van der Waals surface area contributed by atoms with Gasteiger partial charge in [0.1, 0.15) is 5.82 Å². The lowest BCUT2D eigenvalue weighted by atomic mass is 10.2. The van der Waals surface area contributed by atoms with Gasteiger partial charge in [-0.25, -0.2) is 4.98 Å². The maximum Gasteiger partial charge on any atom is 0.261 e. The minimum absolute atomic E-state index is 0.00696. The summed E-state index contributed by atoms with van der Waals surface area (Å²) in [6.45, 7) is 4.61. The molecule has 1 fully saturated rings. The van der Waals surface area contributed by atoms with Crippen molar-refractivity contribution >= 4 is 22.5 Å². The number of hydrogen-bond acceptors (Lipinski definition) is 4. The van der Waals surface area contributed by atoms with E-state index in [1.165, 1.54) is 5.69 Å². The number of aryl methyl sites for hydroxylation is 1. The highest BCUT2D eigenvalue weighted by molar-refractivity contribution is 5.78. The number of nitrogens with one attached hydrogen (secondary N) is 1. The van der Waals surface area contributed by atoms with E-state index in [0.717, 1.165) is 38.2 Å². The molecule has 31 heavy (non-hydrogen) atoms. The third-order valence-corrected chi connectivity index (χ3v) is 5.80. The van der Waals surface area contributed by atoms with Crippen molar-refractivity contribution in [3.8, 4) is 0 Å². The highest BCUT2D eigenvalue weighted by Gasteiger charge is 2.28. The fraction of sp³-hybridized carbons (Fsp3) is 0.400. The van der Waals surface area contributed by atoms with E-state index in [1.54, 1.807) is 0 Å². The van der Waals surface area contributed by atoms with Crippen LogP contribution in [-0.2, 0) is 11.2 Å². The van der Waals surface area contributed by atoms with Crippen LogP contribution < -0.4 is 15.8 Å². The largest absolute Gasteiger partial charge is 0.372 e. The zero-order valence-electron chi connectivity index (χ0n) is 18.1. The van der Waals surface area contributed by atoms with Gasteiger partial charge < -0.3 is 10.2 Å². The minimum Gasteiger partial charge on any atom is -0.372 e. The topological polar surface area (TPSA) is 67.2 Å². The predicted octanol–water partition coefficient (Wildman–Crippen LogP) is 3.70. The van der Waals surface area contributed by atoms with Gasteiger partial charge in [0.05, 0.1) is 10.9 Å². The van der Waals surface area contributed by atoms with Crippen molar-refractivity contribution in [1.29, 1.82) is 0 Å².